The first kappa shape index (κ1) is 9.36. The zero-order valence-electron chi connectivity index (χ0n) is 7.05. The minimum atomic E-state index is 0.412. The van der Waals surface area contributed by atoms with Crippen LogP contribution < -0.4 is 0 Å². The fraction of sp³-hybridized carbons (Fsp3) is 0.125. The SMILES string of the molecule is O=Cc1nccn1Cc1cnc(Cl)s1. The molecule has 0 radical (unpaired) electrons. The van der Waals surface area contributed by atoms with Gasteiger partial charge in [0.25, 0.3) is 0 Å². The first-order valence-corrected chi connectivity index (χ1v) is 5.05. The highest BCUT2D eigenvalue weighted by atomic mass is 35.5. The summed E-state index contributed by atoms with van der Waals surface area (Å²) in [6.45, 7) is 0.582. The number of hydrogen-bond donors (Lipinski definition) is 0. The van der Waals surface area contributed by atoms with Gasteiger partial charge in [-0.25, -0.2) is 9.97 Å². The van der Waals surface area contributed by atoms with Crippen molar-refractivity contribution in [2.75, 3.05) is 0 Å². The van der Waals surface area contributed by atoms with Crippen molar-refractivity contribution in [1.29, 1.82) is 0 Å². The molecule has 0 aliphatic rings. The summed E-state index contributed by atoms with van der Waals surface area (Å²) in [4.78, 5) is 19.4. The molecule has 6 heteroatoms. The number of nitrogens with zero attached hydrogens (tertiary/aromatic N) is 3. The topological polar surface area (TPSA) is 47.8 Å². The highest BCUT2D eigenvalue weighted by molar-refractivity contribution is 7.15. The van der Waals surface area contributed by atoms with Gasteiger partial charge >= 0.3 is 0 Å². The molecule has 0 unspecified atom stereocenters. The van der Waals surface area contributed by atoms with Gasteiger partial charge < -0.3 is 4.57 Å². The number of carbonyl (C=O) groups excluding carboxylic acids is 1. The molecule has 0 saturated carbocycles. The Labute approximate surface area is 89.2 Å². The summed E-state index contributed by atoms with van der Waals surface area (Å²) in [5.41, 5.74) is 0. The van der Waals surface area contributed by atoms with Crippen molar-refractivity contribution in [2.45, 2.75) is 6.54 Å². The molecule has 2 aromatic heterocycles. The zero-order valence-corrected chi connectivity index (χ0v) is 8.63. The third-order valence-corrected chi connectivity index (χ3v) is 2.80. The minimum Gasteiger partial charge on any atom is -0.323 e. The van der Waals surface area contributed by atoms with E-state index in [1.165, 1.54) is 11.3 Å². The summed E-state index contributed by atoms with van der Waals surface area (Å²) < 4.78 is 2.25. The van der Waals surface area contributed by atoms with Crippen LogP contribution in [0.25, 0.3) is 0 Å². The van der Waals surface area contributed by atoms with Crippen LogP contribution in [0.15, 0.2) is 18.6 Å². The van der Waals surface area contributed by atoms with Gasteiger partial charge in [-0.15, -0.1) is 11.3 Å². The number of hydrogen-bond acceptors (Lipinski definition) is 4. The smallest absolute Gasteiger partial charge is 0.185 e. The molecule has 4 nitrogen and oxygen atoms in total. The maximum Gasteiger partial charge on any atom is 0.185 e. The van der Waals surface area contributed by atoms with Gasteiger partial charge in [0.1, 0.15) is 0 Å². The zero-order chi connectivity index (χ0) is 9.97. The van der Waals surface area contributed by atoms with E-state index in [4.69, 9.17) is 11.6 Å². The van der Waals surface area contributed by atoms with E-state index in [1.807, 2.05) is 0 Å². The van der Waals surface area contributed by atoms with Crippen molar-refractivity contribution in [1.82, 2.24) is 14.5 Å². The van der Waals surface area contributed by atoms with E-state index in [0.717, 1.165) is 11.2 Å². The van der Waals surface area contributed by atoms with Crippen LogP contribution in [0.5, 0.6) is 0 Å². The normalized spacial score (nSPS) is 10.4. The molecule has 14 heavy (non-hydrogen) atoms. The van der Waals surface area contributed by atoms with Crippen molar-refractivity contribution in [3.05, 3.63) is 33.8 Å². The van der Waals surface area contributed by atoms with E-state index in [0.29, 0.717) is 16.8 Å². The molecule has 0 amide bonds. The number of aldehydes is 1. The maximum absolute atomic E-state index is 10.6. The van der Waals surface area contributed by atoms with E-state index in [9.17, 15) is 4.79 Å². The van der Waals surface area contributed by atoms with Gasteiger partial charge in [-0.1, -0.05) is 11.6 Å². The molecule has 0 atom stereocenters. The Kier molecular flexibility index (Phi) is 2.60. The van der Waals surface area contributed by atoms with Gasteiger partial charge in [0, 0.05) is 23.5 Å². The lowest BCUT2D eigenvalue weighted by molar-refractivity contribution is 0.111. The number of imidazole rings is 1. The monoisotopic (exact) mass is 227 g/mol. The number of halogens is 1. The van der Waals surface area contributed by atoms with E-state index in [1.54, 1.807) is 23.2 Å². The second kappa shape index (κ2) is 3.89. The largest absolute Gasteiger partial charge is 0.323 e. The van der Waals surface area contributed by atoms with Gasteiger partial charge in [-0.05, 0) is 0 Å². The van der Waals surface area contributed by atoms with Crippen LogP contribution in [0.3, 0.4) is 0 Å². The van der Waals surface area contributed by atoms with Crippen molar-refractivity contribution >= 4 is 29.2 Å². The van der Waals surface area contributed by atoms with Gasteiger partial charge in [0.05, 0.1) is 6.54 Å². The molecule has 0 bridgehead atoms. The minimum absolute atomic E-state index is 0.412. The number of thiazole rings is 1. The third-order valence-electron chi connectivity index (χ3n) is 1.70. The molecule has 0 aliphatic carbocycles. The molecule has 0 aromatic carbocycles. The molecular formula is C8H6ClN3OS. The van der Waals surface area contributed by atoms with Crippen LogP contribution in [0.4, 0.5) is 0 Å². The van der Waals surface area contributed by atoms with Crippen molar-refractivity contribution in [3.63, 3.8) is 0 Å². The van der Waals surface area contributed by atoms with Gasteiger partial charge in [0.2, 0.25) is 0 Å². The number of carbonyl (C=O) groups is 1. The molecule has 0 fully saturated rings. The second-order valence-electron chi connectivity index (χ2n) is 2.61. The third kappa shape index (κ3) is 1.83. The highest BCUT2D eigenvalue weighted by Crippen LogP contribution is 2.18. The predicted octanol–water partition coefficient (Wildman–Crippen LogP) is 1.85. The van der Waals surface area contributed by atoms with E-state index in [-0.39, 0.29) is 0 Å². The predicted molar refractivity (Wildman–Crippen MR) is 53.8 cm³/mol. The maximum atomic E-state index is 10.6. The standard InChI is InChI=1S/C8H6ClN3OS/c9-8-11-3-6(14-8)4-12-2-1-10-7(12)5-13/h1-3,5H,4H2. The quantitative estimate of drug-likeness (QED) is 0.752. The number of rotatable bonds is 3. The van der Waals surface area contributed by atoms with Crippen molar-refractivity contribution in [2.24, 2.45) is 0 Å². The average Bonchev–Trinajstić information content (AvgIpc) is 2.76. The molecule has 0 saturated heterocycles. The van der Waals surface area contributed by atoms with Crippen LogP contribution in [0, 0.1) is 0 Å². The Balaban J connectivity index is 2.22. The summed E-state index contributed by atoms with van der Waals surface area (Å²) >= 11 is 7.08. The lowest BCUT2D eigenvalue weighted by Gasteiger charge is -1.99. The summed E-state index contributed by atoms with van der Waals surface area (Å²) in [7, 11) is 0. The summed E-state index contributed by atoms with van der Waals surface area (Å²) in [6, 6.07) is 0. The van der Waals surface area contributed by atoms with E-state index >= 15 is 0 Å². The summed E-state index contributed by atoms with van der Waals surface area (Å²) in [5.74, 6) is 0.412. The lowest BCUT2D eigenvalue weighted by atomic mass is 10.5. The lowest BCUT2D eigenvalue weighted by Crippen LogP contribution is -2.01. The average molecular weight is 228 g/mol. The number of aromatic nitrogens is 3. The van der Waals surface area contributed by atoms with Crippen LogP contribution in [0.2, 0.25) is 4.47 Å². The molecule has 72 valence electrons. The van der Waals surface area contributed by atoms with Gasteiger partial charge in [-0.2, -0.15) is 0 Å². The first-order valence-electron chi connectivity index (χ1n) is 3.86. The fourth-order valence-corrected chi connectivity index (χ4v) is 2.07. The van der Waals surface area contributed by atoms with Crippen LogP contribution in [-0.2, 0) is 6.54 Å². The van der Waals surface area contributed by atoms with Gasteiger partial charge in [-0.3, -0.25) is 4.79 Å². The molecule has 0 aliphatic heterocycles. The van der Waals surface area contributed by atoms with Crippen LogP contribution in [-0.4, -0.2) is 20.8 Å². The highest BCUT2D eigenvalue weighted by Gasteiger charge is 2.04. The Bertz CT molecular complexity index is 451. The van der Waals surface area contributed by atoms with Gasteiger partial charge in [0.15, 0.2) is 16.6 Å². The van der Waals surface area contributed by atoms with E-state index < -0.39 is 0 Å². The fourth-order valence-electron chi connectivity index (χ4n) is 1.10. The van der Waals surface area contributed by atoms with Crippen molar-refractivity contribution < 1.29 is 4.79 Å². The molecule has 2 rings (SSSR count). The second-order valence-corrected chi connectivity index (χ2v) is 4.31. The molecule has 2 aromatic rings. The molecule has 2 heterocycles. The van der Waals surface area contributed by atoms with Crippen LogP contribution >= 0.6 is 22.9 Å². The Morgan fingerprint density at radius 1 is 1.57 bits per heavy atom. The summed E-state index contributed by atoms with van der Waals surface area (Å²) in [5, 5.41) is 0. The first-order chi connectivity index (χ1) is 6.79. The van der Waals surface area contributed by atoms with Crippen molar-refractivity contribution in [3.8, 4) is 0 Å². The Hall–Kier alpha value is -1.20. The van der Waals surface area contributed by atoms with E-state index in [2.05, 4.69) is 9.97 Å². The Morgan fingerprint density at radius 2 is 2.43 bits per heavy atom. The Morgan fingerprint density at radius 3 is 3.07 bits per heavy atom. The van der Waals surface area contributed by atoms with Crippen LogP contribution in [0.1, 0.15) is 15.5 Å². The molecular weight excluding hydrogens is 222 g/mol. The molecule has 0 N–H and O–H groups in total. The summed E-state index contributed by atoms with van der Waals surface area (Å²) in [6.07, 6.45) is 5.76. The molecule has 0 spiro atoms.